The molecule has 21 heavy (non-hydrogen) atoms. The highest BCUT2D eigenvalue weighted by Gasteiger charge is 2.08. The van der Waals surface area contributed by atoms with Gasteiger partial charge in [-0.25, -0.2) is 0 Å². The number of nitrogens with two attached hydrogens (primary N) is 2. The summed E-state index contributed by atoms with van der Waals surface area (Å²) in [5.41, 5.74) is 13.4. The van der Waals surface area contributed by atoms with Gasteiger partial charge in [-0.3, -0.25) is 0 Å². The van der Waals surface area contributed by atoms with Crippen LogP contribution >= 0.6 is 0 Å². The standard InChI is InChI=1S/C16H13N5/c1-11-2-3-12(6-13(11)4-5-17)7-14(8-18)16(21)15(9-19)10-20/h2-7H,17,21H2,1H3/b5-4-,14-7+. The lowest BCUT2D eigenvalue weighted by molar-refractivity contribution is 1.31. The Morgan fingerprint density at radius 1 is 1.14 bits per heavy atom. The van der Waals surface area contributed by atoms with Gasteiger partial charge in [-0.2, -0.15) is 15.8 Å². The van der Waals surface area contributed by atoms with Gasteiger partial charge in [0.1, 0.15) is 18.2 Å². The molecule has 0 amide bonds. The third-order valence-electron chi connectivity index (χ3n) is 2.79. The summed E-state index contributed by atoms with van der Waals surface area (Å²) in [4.78, 5) is 0. The molecule has 1 rings (SSSR count). The number of hydrogen-bond donors (Lipinski definition) is 2. The maximum Gasteiger partial charge on any atom is 0.153 e. The normalized spacial score (nSPS) is 10.5. The minimum atomic E-state index is -0.281. The monoisotopic (exact) mass is 275 g/mol. The molecule has 0 heterocycles. The van der Waals surface area contributed by atoms with Crippen molar-refractivity contribution in [2.24, 2.45) is 11.5 Å². The maximum absolute atomic E-state index is 9.14. The number of nitrogens with zero attached hydrogens (tertiary/aromatic N) is 3. The Morgan fingerprint density at radius 3 is 2.33 bits per heavy atom. The number of allylic oxidation sites excluding steroid dienone is 2. The molecule has 0 unspecified atom stereocenters. The van der Waals surface area contributed by atoms with E-state index in [0.717, 1.165) is 16.7 Å². The minimum Gasteiger partial charge on any atom is -0.405 e. The summed E-state index contributed by atoms with van der Waals surface area (Å²) in [7, 11) is 0. The lowest BCUT2D eigenvalue weighted by Gasteiger charge is -2.04. The maximum atomic E-state index is 9.14. The van der Waals surface area contributed by atoms with Crippen LogP contribution in [0.2, 0.25) is 0 Å². The molecule has 0 spiro atoms. The van der Waals surface area contributed by atoms with Crippen molar-refractivity contribution in [3.05, 3.63) is 57.9 Å². The highest BCUT2D eigenvalue weighted by Crippen LogP contribution is 2.18. The van der Waals surface area contributed by atoms with Crippen LogP contribution in [0.5, 0.6) is 0 Å². The summed E-state index contributed by atoms with van der Waals surface area (Å²) >= 11 is 0. The SMILES string of the molecule is Cc1ccc(/C=C(\C#N)C(N)=C(C#N)C#N)cc1/C=C\N. The zero-order chi connectivity index (χ0) is 15.8. The topological polar surface area (TPSA) is 123 Å². The summed E-state index contributed by atoms with van der Waals surface area (Å²) in [5, 5.41) is 26.7. The molecule has 0 radical (unpaired) electrons. The average molecular weight is 275 g/mol. The largest absolute Gasteiger partial charge is 0.405 e. The molecule has 5 nitrogen and oxygen atoms in total. The van der Waals surface area contributed by atoms with Gasteiger partial charge in [0.15, 0.2) is 5.57 Å². The molecule has 0 aliphatic carbocycles. The van der Waals surface area contributed by atoms with Crippen LogP contribution in [0.15, 0.2) is 41.2 Å². The summed E-state index contributed by atoms with van der Waals surface area (Å²) in [6.07, 6.45) is 4.70. The van der Waals surface area contributed by atoms with Crippen molar-refractivity contribution in [1.29, 1.82) is 15.8 Å². The lowest BCUT2D eigenvalue weighted by atomic mass is 10.0. The molecule has 0 aliphatic rings. The number of hydrogen-bond acceptors (Lipinski definition) is 5. The Hall–Kier alpha value is -3.49. The van der Waals surface area contributed by atoms with Crippen LogP contribution in [0.25, 0.3) is 12.2 Å². The van der Waals surface area contributed by atoms with E-state index in [1.54, 1.807) is 18.2 Å². The van der Waals surface area contributed by atoms with Crippen LogP contribution in [0, 0.1) is 40.9 Å². The third kappa shape index (κ3) is 3.73. The molecule has 1 aromatic rings. The van der Waals surface area contributed by atoms with Gasteiger partial charge in [0, 0.05) is 0 Å². The van der Waals surface area contributed by atoms with Crippen molar-refractivity contribution in [3.8, 4) is 18.2 Å². The van der Waals surface area contributed by atoms with Crippen LogP contribution in [0.1, 0.15) is 16.7 Å². The Kier molecular flexibility index (Phi) is 5.33. The first-order chi connectivity index (χ1) is 10.1. The van der Waals surface area contributed by atoms with Gasteiger partial charge in [-0.15, -0.1) is 0 Å². The van der Waals surface area contributed by atoms with E-state index in [4.69, 9.17) is 27.3 Å². The molecule has 0 saturated carbocycles. The molecular weight excluding hydrogens is 262 g/mol. The number of aryl methyl sites for hydroxylation is 1. The van der Waals surface area contributed by atoms with Gasteiger partial charge < -0.3 is 11.5 Å². The van der Waals surface area contributed by atoms with E-state index in [1.807, 2.05) is 31.2 Å². The second-order valence-electron chi connectivity index (χ2n) is 4.16. The van der Waals surface area contributed by atoms with Crippen molar-refractivity contribution in [2.45, 2.75) is 6.92 Å². The van der Waals surface area contributed by atoms with E-state index in [9.17, 15) is 0 Å². The Balaban J connectivity index is 3.39. The minimum absolute atomic E-state index is 0.0691. The van der Waals surface area contributed by atoms with Crippen LogP contribution in [-0.4, -0.2) is 0 Å². The molecule has 0 atom stereocenters. The van der Waals surface area contributed by atoms with Crippen molar-refractivity contribution in [2.75, 3.05) is 0 Å². The predicted molar refractivity (Wildman–Crippen MR) is 80.4 cm³/mol. The van der Waals surface area contributed by atoms with E-state index in [2.05, 4.69) is 0 Å². The van der Waals surface area contributed by atoms with Gasteiger partial charge in [-0.05, 0) is 48.0 Å². The fourth-order valence-corrected chi connectivity index (χ4v) is 1.65. The second-order valence-corrected chi connectivity index (χ2v) is 4.16. The van der Waals surface area contributed by atoms with Gasteiger partial charge in [-0.1, -0.05) is 12.1 Å². The fourth-order valence-electron chi connectivity index (χ4n) is 1.65. The molecular formula is C16H13N5. The van der Waals surface area contributed by atoms with E-state index >= 15 is 0 Å². The van der Waals surface area contributed by atoms with Crippen molar-refractivity contribution < 1.29 is 0 Å². The van der Waals surface area contributed by atoms with E-state index in [1.165, 1.54) is 12.3 Å². The number of benzene rings is 1. The summed E-state index contributed by atoms with van der Waals surface area (Å²) in [6.45, 7) is 1.94. The van der Waals surface area contributed by atoms with Gasteiger partial charge in [0.2, 0.25) is 0 Å². The quantitative estimate of drug-likeness (QED) is 0.645. The highest BCUT2D eigenvalue weighted by molar-refractivity contribution is 5.68. The Morgan fingerprint density at radius 2 is 1.81 bits per heavy atom. The van der Waals surface area contributed by atoms with Crippen molar-refractivity contribution in [3.63, 3.8) is 0 Å². The Bertz CT molecular complexity index is 745. The molecule has 1 aromatic carbocycles. The molecule has 0 bridgehead atoms. The van der Waals surface area contributed by atoms with Crippen LogP contribution in [0.4, 0.5) is 0 Å². The number of nitriles is 3. The molecule has 0 aliphatic heterocycles. The molecule has 0 saturated heterocycles. The summed E-state index contributed by atoms with van der Waals surface area (Å²) in [6, 6.07) is 10.8. The molecule has 4 N–H and O–H groups in total. The molecule has 5 heteroatoms. The van der Waals surface area contributed by atoms with Gasteiger partial charge in [0.25, 0.3) is 0 Å². The van der Waals surface area contributed by atoms with E-state index < -0.39 is 0 Å². The van der Waals surface area contributed by atoms with Crippen molar-refractivity contribution >= 4 is 12.2 Å². The van der Waals surface area contributed by atoms with Crippen LogP contribution < -0.4 is 11.5 Å². The summed E-state index contributed by atoms with van der Waals surface area (Å²) in [5.74, 6) is 0. The molecule has 0 fully saturated rings. The zero-order valence-corrected chi connectivity index (χ0v) is 11.5. The highest BCUT2D eigenvalue weighted by atomic mass is 14.6. The first-order valence-electron chi connectivity index (χ1n) is 5.98. The molecule has 102 valence electrons. The molecule has 0 aromatic heterocycles. The first-order valence-corrected chi connectivity index (χ1v) is 5.98. The van der Waals surface area contributed by atoms with E-state index in [0.29, 0.717) is 0 Å². The summed E-state index contributed by atoms with van der Waals surface area (Å²) < 4.78 is 0. The smallest absolute Gasteiger partial charge is 0.153 e. The van der Waals surface area contributed by atoms with Gasteiger partial charge in [0.05, 0.1) is 11.3 Å². The fraction of sp³-hybridized carbons (Fsp3) is 0.0625. The Labute approximate surface area is 123 Å². The van der Waals surface area contributed by atoms with Crippen LogP contribution in [-0.2, 0) is 0 Å². The number of rotatable bonds is 3. The first kappa shape index (κ1) is 15.6. The van der Waals surface area contributed by atoms with Crippen LogP contribution in [0.3, 0.4) is 0 Å². The second kappa shape index (κ2) is 7.19. The average Bonchev–Trinajstić information content (AvgIpc) is 2.49. The zero-order valence-electron chi connectivity index (χ0n) is 11.5. The third-order valence-corrected chi connectivity index (χ3v) is 2.79. The van der Waals surface area contributed by atoms with Crippen molar-refractivity contribution in [1.82, 2.24) is 0 Å². The van der Waals surface area contributed by atoms with Gasteiger partial charge >= 0.3 is 0 Å². The lowest BCUT2D eigenvalue weighted by Crippen LogP contribution is -2.03. The predicted octanol–water partition coefficient (Wildman–Crippen LogP) is 2.09. The van der Waals surface area contributed by atoms with E-state index in [-0.39, 0.29) is 16.8 Å².